The lowest BCUT2D eigenvalue weighted by Crippen LogP contribution is -2.07. The molecule has 0 aliphatic rings. The summed E-state index contributed by atoms with van der Waals surface area (Å²) in [7, 11) is 6.49. The molecule has 114 valence electrons. The lowest BCUT2D eigenvalue weighted by molar-refractivity contribution is 1.71. The first-order valence-electron chi connectivity index (χ1n) is 8.51. The molecule has 0 heterocycles. The molecule has 0 aliphatic carbocycles. The molecule has 0 aromatic heterocycles. The van der Waals surface area contributed by atoms with Crippen LogP contribution in [0, 0.1) is 0 Å². The first-order valence-corrected chi connectivity index (χ1v) is 8.51. The Kier molecular flexibility index (Phi) is 3.14. The fourth-order valence-corrected chi connectivity index (χ4v) is 3.82. The highest BCUT2D eigenvalue weighted by atomic mass is 14.1. The van der Waals surface area contributed by atoms with Crippen molar-refractivity contribution in [1.82, 2.24) is 0 Å². The second-order valence-corrected chi connectivity index (χ2v) is 6.44. The molecule has 0 N–H and O–H groups in total. The summed E-state index contributed by atoms with van der Waals surface area (Å²) in [6.45, 7) is 0. The number of benzene rings is 5. The van der Waals surface area contributed by atoms with Crippen molar-refractivity contribution in [3.63, 3.8) is 0 Å². The van der Waals surface area contributed by atoms with Crippen molar-refractivity contribution >= 4 is 45.6 Å². The highest BCUT2D eigenvalue weighted by Crippen LogP contribution is 2.36. The molecular weight excluding hydrogens is 299 g/mol. The molecule has 0 fully saturated rings. The molecule has 5 aromatic rings. The maximum Gasteiger partial charge on any atom is 0.115 e. The molecule has 0 bridgehead atoms. The van der Waals surface area contributed by atoms with Crippen LogP contribution in [0.4, 0.5) is 0 Å². The van der Waals surface area contributed by atoms with E-state index in [9.17, 15) is 0 Å². The Morgan fingerprint density at radius 1 is 0.480 bits per heavy atom. The second kappa shape index (κ2) is 5.49. The first kappa shape index (κ1) is 14.3. The minimum Gasteiger partial charge on any atom is -0.0812 e. The van der Waals surface area contributed by atoms with Crippen molar-refractivity contribution < 1.29 is 0 Å². The van der Waals surface area contributed by atoms with Gasteiger partial charge in [0.1, 0.15) is 7.85 Å². The van der Waals surface area contributed by atoms with E-state index >= 15 is 0 Å². The van der Waals surface area contributed by atoms with Crippen LogP contribution in [-0.2, 0) is 0 Å². The average Bonchev–Trinajstić information content (AvgIpc) is 2.68. The number of hydrogen-bond acceptors (Lipinski definition) is 0. The van der Waals surface area contributed by atoms with Crippen LogP contribution in [0.2, 0.25) is 0 Å². The third-order valence-corrected chi connectivity index (χ3v) is 5.01. The molecule has 0 unspecified atom stereocenters. The largest absolute Gasteiger partial charge is 0.115 e. The van der Waals surface area contributed by atoms with E-state index in [1.165, 1.54) is 32.7 Å². The van der Waals surface area contributed by atoms with E-state index in [4.69, 9.17) is 7.85 Å². The first-order chi connectivity index (χ1) is 12.3. The molecule has 5 aromatic carbocycles. The Morgan fingerprint density at radius 3 is 1.64 bits per heavy atom. The predicted molar refractivity (Wildman–Crippen MR) is 110 cm³/mol. The quantitative estimate of drug-likeness (QED) is 0.279. The van der Waals surface area contributed by atoms with Crippen molar-refractivity contribution in [3.05, 3.63) is 91.0 Å². The summed E-state index contributed by atoms with van der Waals surface area (Å²) < 4.78 is 0. The second-order valence-electron chi connectivity index (χ2n) is 6.44. The summed E-state index contributed by atoms with van der Waals surface area (Å²) in [5, 5.41) is 7.15. The molecular formula is C24H15B. The molecule has 5 rings (SSSR count). The number of fused-ring (bicyclic) bond motifs is 3. The zero-order valence-corrected chi connectivity index (χ0v) is 13.7. The molecule has 2 radical (unpaired) electrons. The monoisotopic (exact) mass is 314 g/mol. The Balaban J connectivity index is 1.97. The zero-order chi connectivity index (χ0) is 16.8. The van der Waals surface area contributed by atoms with E-state index in [1.807, 2.05) is 0 Å². The van der Waals surface area contributed by atoms with Gasteiger partial charge in [-0.05, 0) is 49.5 Å². The van der Waals surface area contributed by atoms with E-state index in [2.05, 4.69) is 91.0 Å². The smallest absolute Gasteiger partial charge is 0.0812 e. The lowest BCUT2D eigenvalue weighted by Gasteiger charge is -2.16. The normalized spacial score (nSPS) is 11.4. The number of hydrogen-bond donors (Lipinski definition) is 0. The van der Waals surface area contributed by atoms with Gasteiger partial charge in [-0.3, -0.25) is 0 Å². The van der Waals surface area contributed by atoms with Crippen LogP contribution >= 0.6 is 0 Å². The Hall–Kier alpha value is -3.06. The van der Waals surface area contributed by atoms with Gasteiger partial charge in [-0.2, -0.15) is 0 Å². The molecule has 0 atom stereocenters. The summed E-state index contributed by atoms with van der Waals surface area (Å²) in [5.41, 5.74) is 3.34. The van der Waals surface area contributed by atoms with E-state index in [0.717, 1.165) is 16.2 Å². The van der Waals surface area contributed by atoms with Crippen molar-refractivity contribution in [2.75, 3.05) is 0 Å². The molecule has 0 aliphatic heterocycles. The van der Waals surface area contributed by atoms with Crippen LogP contribution < -0.4 is 5.46 Å². The van der Waals surface area contributed by atoms with Gasteiger partial charge in [0, 0.05) is 0 Å². The molecule has 0 amide bonds. The van der Waals surface area contributed by atoms with Gasteiger partial charge in [0.15, 0.2) is 0 Å². The fraction of sp³-hybridized carbons (Fsp3) is 0. The van der Waals surface area contributed by atoms with Gasteiger partial charge in [-0.1, -0.05) is 90.4 Å². The van der Waals surface area contributed by atoms with Crippen molar-refractivity contribution in [2.24, 2.45) is 0 Å². The van der Waals surface area contributed by atoms with Gasteiger partial charge < -0.3 is 0 Å². The standard InChI is InChI=1S/C24H15B/c25-24-21-11-5-3-9-19(21)23(20-10-4-6-12-22(20)24)18-14-13-16-7-1-2-8-17(16)15-18/h1-15H. The Labute approximate surface area is 148 Å². The van der Waals surface area contributed by atoms with Crippen LogP contribution in [0.15, 0.2) is 91.0 Å². The van der Waals surface area contributed by atoms with Crippen molar-refractivity contribution in [3.8, 4) is 11.1 Å². The highest BCUT2D eigenvalue weighted by molar-refractivity contribution is 6.46. The molecule has 1 heteroatoms. The Morgan fingerprint density at radius 2 is 1.00 bits per heavy atom. The Bertz CT molecular complexity index is 1190. The molecule has 0 saturated carbocycles. The summed E-state index contributed by atoms with van der Waals surface area (Å²) in [4.78, 5) is 0. The van der Waals surface area contributed by atoms with Crippen LogP contribution in [0.5, 0.6) is 0 Å². The predicted octanol–water partition coefficient (Wildman–Crippen LogP) is 5.61. The summed E-state index contributed by atoms with van der Waals surface area (Å²) in [6, 6.07) is 32.0. The van der Waals surface area contributed by atoms with E-state index in [0.29, 0.717) is 0 Å². The molecule has 0 saturated heterocycles. The maximum atomic E-state index is 6.49. The third kappa shape index (κ3) is 2.16. The highest BCUT2D eigenvalue weighted by Gasteiger charge is 2.12. The minimum atomic E-state index is 0.857. The van der Waals surface area contributed by atoms with Crippen molar-refractivity contribution in [1.29, 1.82) is 0 Å². The van der Waals surface area contributed by atoms with Gasteiger partial charge in [0.25, 0.3) is 0 Å². The number of rotatable bonds is 1. The zero-order valence-electron chi connectivity index (χ0n) is 13.7. The van der Waals surface area contributed by atoms with E-state index in [-0.39, 0.29) is 0 Å². The van der Waals surface area contributed by atoms with Crippen LogP contribution in [0.3, 0.4) is 0 Å². The SMILES string of the molecule is [B]c1c2ccccc2c(-c2ccc3ccccc3c2)c2ccccc12. The summed E-state index contributed by atoms with van der Waals surface area (Å²) in [5.74, 6) is 0. The van der Waals surface area contributed by atoms with Crippen LogP contribution in [-0.4, -0.2) is 7.85 Å². The van der Waals surface area contributed by atoms with Crippen molar-refractivity contribution in [2.45, 2.75) is 0 Å². The topological polar surface area (TPSA) is 0 Å². The molecule has 25 heavy (non-hydrogen) atoms. The van der Waals surface area contributed by atoms with E-state index < -0.39 is 0 Å². The van der Waals surface area contributed by atoms with Gasteiger partial charge >= 0.3 is 0 Å². The molecule has 0 nitrogen and oxygen atoms in total. The lowest BCUT2D eigenvalue weighted by atomic mass is 9.81. The summed E-state index contributed by atoms with van der Waals surface area (Å²) >= 11 is 0. The maximum absolute atomic E-state index is 6.49. The van der Waals surface area contributed by atoms with Crippen LogP contribution in [0.1, 0.15) is 0 Å². The van der Waals surface area contributed by atoms with Gasteiger partial charge in [0.05, 0.1) is 0 Å². The fourth-order valence-electron chi connectivity index (χ4n) is 3.82. The van der Waals surface area contributed by atoms with E-state index in [1.54, 1.807) is 0 Å². The minimum absolute atomic E-state index is 0.857. The van der Waals surface area contributed by atoms with Gasteiger partial charge in [-0.15, -0.1) is 0 Å². The van der Waals surface area contributed by atoms with Gasteiger partial charge in [-0.25, -0.2) is 0 Å². The summed E-state index contributed by atoms with van der Waals surface area (Å²) in [6.07, 6.45) is 0. The van der Waals surface area contributed by atoms with Crippen LogP contribution in [0.25, 0.3) is 43.4 Å². The third-order valence-electron chi connectivity index (χ3n) is 5.01. The average molecular weight is 314 g/mol. The van der Waals surface area contributed by atoms with Gasteiger partial charge in [0.2, 0.25) is 0 Å². The molecule has 0 spiro atoms.